The summed E-state index contributed by atoms with van der Waals surface area (Å²) in [5.41, 5.74) is 5.49. The zero-order chi connectivity index (χ0) is 6.97. The molecule has 1 fully saturated rings. The summed E-state index contributed by atoms with van der Waals surface area (Å²) in [4.78, 5) is 4.18. The van der Waals surface area contributed by atoms with E-state index >= 15 is 0 Å². The number of nitrogens with two attached hydrogens (primary N) is 1. The lowest BCUT2D eigenvalue weighted by atomic mass is 10.1. The molecule has 2 heterocycles. The molecule has 0 aromatic heterocycles. The van der Waals surface area contributed by atoms with Crippen molar-refractivity contribution in [2.75, 3.05) is 6.54 Å². The molecule has 1 saturated heterocycles. The van der Waals surface area contributed by atoms with E-state index in [1.807, 2.05) is 0 Å². The van der Waals surface area contributed by atoms with Gasteiger partial charge >= 0.3 is 0 Å². The van der Waals surface area contributed by atoms with E-state index in [1.165, 1.54) is 12.8 Å². The Morgan fingerprint density at radius 1 is 1.60 bits per heavy atom. The molecule has 0 aromatic rings. The van der Waals surface area contributed by atoms with Crippen molar-refractivity contribution < 1.29 is 0 Å². The molecule has 4 nitrogen and oxygen atoms in total. The van der Waals surface area contributed by atoms with E-state index in [9.17, 15) is 0 Å². The molecule has 4 heteroatoms. The SMILES string of the molecule is NC1=N[C@H]2NCCC[C@H]2N1. The van der Waals surface area contributed by atoms with Crippen LogP contribution in [0.4, 0.5) is 0 Å². The van der Waals surface area contributed by atoms with Gasteiger partial charge in [0.25, 0.3) is 0 Å². The minimum Gasteiger partial charge on any atom is -0.370 e. The average Bonchev–Trinajstić information content (AvgIpc) is 2.27. The first kappa shape index (κ1) is 5.97. The number of nitrogens with zero attached hydrogens (tertiary/aromatic N) is 1. The normalized spacial score (nSPS) is 38.2. The number of nitrogens with one attached hydrogen (secondary N) is 2. The summed E-state index contributed by atoms with van der Waals surface area (Å²) in [6, 6.07) is 0.453. The molecule has 0 spiro atoms. The fourth-order valence-corrected chi connectivity index (χ4v) is 1.54. The maximum absolute atomic E-state index is 5.49. The van der Waals surface area contributed by atoms with Gasteiger partial charge in [-0.3, -0.25) is 5.32 Å². The molecule has 10 heavy (non-hydrogen) atoms. The third-order valence-corrected chi connectivity index (χ3v) is 2.04. The van der Waals surface area contributed by atoms with Gasteiger partial charge in [-0.15, -0.1) is 0 Å². The Kier molecular flexibility index (Phi) is 1.27. The Hall–Kier alpha value is -0.770. The standard InChI is InChI=1S/C6H12N4/c7-6-9-4-2-1-3-8-5(4)10-6/h4-5,8H,1-3H2,(H3,7,9,10)/t4-,5-/m1/s1. The minimum atomic E-state index is 0.244. The van der Waals surface area contributed by atoms with Crippen LogP contribution in [0.25, 0.3) is 0 Å². The third kappa shape index (κ3) is 0.844. The molecule has 0 aliphatic carbocycles. The summed E-state index contributed by atoms with van der Waals surface area (Å²) in [6.07, 6.45) is 2.65. The number of piperidine rings is 1. The van der Waals surface area contributed by atoms with Crippen LogP contribution >= 0.6 is 0 Å². The molecule has 0 saturated carbocycles. The van der Waals surface area contributed by atoms with Crippen molar-refractivity contribution in [3.05, 3.63) is 0 Å². The predicted molar refractivity (Wildman–Crippen MR) is 39.6 cm³/mol. The molecule has 2 aliphatic rings. The number of fused-ring (bicyclic) bond motifs is 1. The maximum Gasteiger partial charge on any atom is 0.190 e. The molecule has 4 N–H and O–H groups in total. The van der Waals surface area contributed by atoms with Crippen LogP contribution in [0.2, 0.25) is 0 Å². The van der Waals surface area contributed by atoms with Crippen LogP contribution < -0.4 is 16.4 Å². The second-order valence-electron chi connectivity index (χ2n) is 2.81. The van der Waals surface area contributed by atoms with E-state index in [0.717, 1.165) is 6.54 Å². The van der Waals surface area contributed by atoms with Crippen LogP contribution in [0, 0.1) is 0 Å². The van der Waals surface area contributed by atoms with Crippen LogP contribution in [0.5, 0.6) is 0 Å². The Morgan fingerprint density at radius 3 is 3.30 bits per heavy atom. The molecule has 2 aliphatic heterocycles. The van der Waals surface area contributed by atoms with Crippen molar-refractivity contribution in [2.45, 2.75) is 25.0 Å². The number of guanidine groups is 1. The van der Waals surface area contributed by atoms with Crippen molar-refractivity contribution in [3.63, 3.8) is 0 Å². The van der Waals surface area contributed by atoms with Gasteiger partial charge in [0.05, 0.1) is 6.04 Å². The lowest BCUT2D eigenvalue weighted by Crippen LogP contribution is -2.47. The van der Waals surface area contributed by atoms with Gasteiger partial charge in [-0.05, 0) is 19.4 Å². The molecule has 0 aromatic carbocycles. The van der Waals surface area contributed by atoms with Crippen molar-refractivity contribution >= 4 is 5.96 Å². The maximum atomic E-state index is 5.49. The predicted octanol–water partition coefficient (Wildman–Crippen LogP) is -1.02. The Bertz CT molecular complexity index is 165. The van der Waals surface area contributed by atoms with Crippen LogP contribution in [0.1, 0.15) is 12.8 Å². The van der Waals surface area contributed by atoms with Gasteiger partial charge in [0.2, 0.25) is 0 Å². The zero-order valence-corrected chi connectivity index (χ0v) is 5.80. The summed E-state index contributed by atoms with van der Waals surface area (Å²) >= 11 is 0. The number of aliphatic imine (C=N–C) groups is 1. The van der Waals surface area contributed by atoms with Crippen molar-refractivity contribution in [3.8, 4) is 0 Å². The summed E-state index contributed by atoms with van der Waals surface area (Å²) in [5, 5.41) is 6.40. The molecule has 56 valence electrons. The monoisotopic (exact) mass is 140 g/mol. The van der Waals surface area contributed by atoms with Crippen molar-refractivity contribution in [1.29, 1.82) is 0 Å². The van der Waals surface area contributed by atoms with E-state index in [1.54, 1.807) is 0 Å². The van der Waals surface area contributed by atoms with E-state index in [0.29, 0.717) is 12.0 Å². The summed E-state index contributed by atoms with van der Waals surface area (Å²) in [7, 11) is 0. The van der Waals surface area contributed by atoms with E-state index < -0.39 is 0 Å². The quantitative estimate of drug-likeness (QED) is 0.403. The van der Waals surface area contributed by atoms with Gasteiger partial charge in [-0.1, -0.05) is 0 Å². The van der Waals surface area contributed by atoms with Crippen molar-refractivity contribution in [2.24, 2.45) is 10.7 Å². The van der Waals surface area contributed by atoms with Crippen LogP contribution in [-0.4, -0.2) is 24.7 Å². The third-order valence-electron chi connectivity index (χ3n) is 2.04. The Morgan fingerprint density at radius 2 is 2.50 bits per heavy atom. The summed E-state index contributed by atoms with van der Waals surface area (Å²) < 4.78 is 0. The number of hydrogen-bond donors (Lipinski definition) is 3. The zero-order valence-electron chi connectivity index (χ0n) is 5.80. The van der Waals surface area contributed by atoms with Gasteiger partial charge in [0, 0.05) is 0 Å². The van der Waals surface area contributed by atoms with Crippen LogP contribution in [0.3, 0.4) is 0 Å². The van der Waals surface area contributed by atoms with Crippen LogP contribution in [-0.2, 0) is 0 Å². The molecule has 0 bridgehead atoms. The highest BCUT2D eigenvalue weighted by atomic mass is 15.3. The second kappa shape index (κ2) is 2.12. The van der Waals surface area contributed by atoms with Crippen molar-refractivity contribution in [1.82, 2.24) is 10.6 Å². The molecular weight excluding hydrogens is 128 g/mol. The second-order valence-corrected chi connectivity index (χ2v) is 2.81. The lowest BCUT2D eigenvalue weighted by molar-refractivity contribution is 0.360. The largest absolute Gasteiger partial charge is 0.370 e. The fraction of sp³-hybridized carbons (Fsp3) is 0.833. The highest BCUT2D eigenvalue weighted by molar-refractivity contribution is 5.80. The van der Waals surface area contributed by atoms with E-state index in [2.05, 4.69) is 15.6 Å². The molecule has 0 amide bonds. The minimum absolute atomic E-state index is 0.244. The first-order chi connectivity index (χ1) is 4.86. The molecule has 2 rings (SSSR count). The topological polar surface area (TPSA) is 62.4 Å². The summed E-state index contributed by atoms with van der Waals surface area (Å²) in [6.45, 7) is 1.07. The average molecular weight is 140 g/mol. The smallest absolute Gasteiger partial charge is 0.190 e. The van der Waals surface area contributed by atoms with Gasteiger partial charge in [0.1, 0.15) is 6.17 Å². The van der Waals surface area contributed by atoms with Gasteiger partial charge in [0.15, 0.2) is 5.96 Å². The fourth-order valence-electron chi connectivity index (χ4n) is 1.54. The van der Waals surface area contributed by atoms with E-state index in [-0.39, 0.29) is 6.17 Å². The molecule has 2 atom stereocenters. The van der Waals surface area contributed by atoms with Gasteiger partial charge in [-0.2, -0.15) is 0 Å². The lowest BCUT2D eigenvalue weighted by Gasteiger charge is -2.24. The Labute approximate surface area is 59.9 Å². The first-order valence-electron chi connectivity index (χ1n) is 3.69. The molecule has 0 unspecified atom stereocenters. The summed E-state index contributed by atoms with van der Waals surface area (Å²) in [5.74, 6) is 0.587. The highest BCUT2D eigenvalue weighted by Crippen LogP contribution is 2.12. The highest BCUT2D eigenvalue weighted by Gasteiger charge is 2.28. The first-order valence-corrected chi connectivity index (χ1v) is 3.69. The van der Waals surface area contributed by atoms with Crippen LogP contribution in [0.15, 0.2) is 4.99 Å². The Balaban J connectivity index is 2.06. The van der Waals surface area contributed by atoms with Gasteiger partial charge < -0.3 is 11.1 Å². The molecular formula is C6H12N4. The number of rotatable bonds is 0. The molecule has 0 radical (unpaired) electrons. The van der Waals surface area contributed by atoms with E-state index in [4.69, 9.17) is 5.73 Å². The number of hydrogen-bond acceptors (Lipinski definition) is 4. The van der Waals surface area contributed by atoms with Gasteiger partial charge in [-0.25, -0.2) is 4.99 Å².